The van der Waals surface area contributed by atoms with Crippen molar-refractivity contribution in [2.45, 2.75) is 25.8 Å². The second kappa shape index (κ2) is 6.25. The predicted octanol–water partition coefficient (Wildman–Crippen LogP) is 2.64. The average molecular weight is 270 g/mol. The van der Waals surface area contributed by atoms with Crippen LogP contribution in [-0.4, -0.2) is 42.7 Å². The minimum absolute atomic E-state index is 0.488. The molecular formula is C13H20ClN3O. The first-order valence-electron chi connectivity index (χ1n) is 6.43. The van der Waals surface area contributed by atoms with E-state index < -0.39 is 0 Å². The van der Waals surface area contributed by atoms with Gasteiger partial charge < -0.3 is 15.0 Å². The summed E-state index contributed by atoms with van der Waals surface area (Å²) in [5.74, 6) is 0.774. The molecule has 1 aliphatic heterocycles. The molecule has 4 nitrogen and oxygen atoms in total. The highest BCUT2D eigenvalue weighted by molar-refractivity contribution is 6.32. The van der Waals surface area contributed by atoms with Crippen LogP contribution < -0.4 is 10.1 Å². The third-order valence-corrected chi connectivity index (χ3v) is 3.60. The van der Waals surface area contributed by atoms with Gasteiger partial charge in [0.25, 0.3) is 0 Å². The van der Waals surface area contributed by atoms with Crippen molar-refractivity contribution < 1.29 is 4.74 Å². The number of aromatic nitrogens is 1. The second-order valence-corrected chi connectivity index (χ2v) is 4.99. The number of hydrogen-bond acceptors (Lipinski definition) is 4. The summed E-state index contributed by atoms with van der Waals surface area (Å²) in [6.45, 7) is 4.72. The number of rotatable bonds is 5. The van der Waals surface area contributed by atoms with Crippen molar-refractivity contribution >= 4 is 17.3 Å². The number of anilines is 1. The maximum absolute atomic E-state index is 5.99. The van der Waals surface area contributed by atoms with Crippen LogP contribution in [0, 0.1) is 0 Å². The Morgan fingerprint density at radius 1 is 1.61 bits per heavy atom. The first kappa shape index (κ1) is 13.4. The van der Waals surface area contributed by atoms with E-state index in [9.17, 15) is 0 Å². The van der Waals surface area contributed by atoms with Gasteiger partial charge in [0.2, 0.25) is 0 Å². The number of hydrogen-bond donors (Lipinski definition) is 1. The molecule has 1 fully saturated rings. The van der Waals surface area contributed by atoms with Crippen molar-refractivity contribution in [3.05, 3.63) is 17.4 Å². The Labute approximate surface area is 113 Å². The van der Waals surface area contributed by atoms with Gasteiger partial charge in [0.1, 0.15) is 12.4 Å². The van der Waals surface area contributed by atoms with Crippen molar-refractivity contribution in [2.75, 3.05) is 32.1 Å². The van der Waals surface area contributed by atoms with Gasteiger partial charge in [0.05, 0.1) is 11.9 Å². The summed E-state index contributed by atoms with van der Waals surface area (Å²) in [7, 11) is 2.14. The van der Waals surface area contributed by atoms with Gasteiger partial charge in [-0.1, -0.05) is 11.6 Å². The molecule has 100 valence electrons. The third kappa shape index (κ3) is 3.27. The first-order chi connectivity index (χ1) is 8.70. The van der Waals surface area contributed by atoms with Gasteiger partial charge in [-0.25, -0.2) is 4.98 Å². The van der Waals surface area contributed by atoms with Gasteiger partial charge >= 0.3 is 0 Å². The maximum Gasteiger partial charge on any atom is 0.152 e. The molecule has 1 aromatic rings. The summed E-state index contributed by atoms with van der Waals surface area (Å²) in [5, 5.41) is 3.66. The maximum atomic E-state index is 5.99. The number of nitrogens with zero attached hydrogens (tertiary/aromatic N) is 2. The number of nitrogens with one attached hydrogen (secondary N) is 1. The van der Waals surface area contributed by atoms with Crippen molar-refractivity contribution in [1.82, 2.24) is 9.88 Å². The molecule has 0 saturated carbocycles. The second-order valence-electron chi connectivity index (χ2n) is 4.63. The van der Waals surface area contributed by atoms with Crippen LogP contribution in [-0.2, 0) is 0 Å². The molecule has 2 rings (SSSR count). The van der Waals surface area contributed by atoms with Crippen molar-refractivity contribution in [3.8, 4) is 5.75 Å². The van der Waals surface area contributed by atoms with Gasteiger partial charge in [0.15, 0.2) is 5.15 Å². The summed E-state index contributed by atoms with van der Waals surface area (Å²) < 4.78 is 5.80. The molecule has 1 aliphatic rings. The lowest BCUT2D eigenvalue weighted by atomic mass is 10.2. The Bertz CT molecular complexity index is 400. The zero-order valence-corrected chi connectivity index (χ0v) is 11.7. The van der Waals surface area contributed by atoms with E-state index in [4.69, 9.17) is 16.3 Å². The fourth-order valence-corrected chi connectivity index (χ4v) is 2.37. The minimum Gasteiger partial charge on any atom is -0.490 e. The standard InChI is InChI=1S/C13H20ClN3O/c1-3-15-12-7-11(8-16-13(12)14)18-9-10-5-4-6-17(10)2/h7-8,10,15H,3-6,9H2,1-2H3/t10-/m1/s1. The zero-order chi connectivity index (χ0) is 13.0. The summed E-state index contributed by atoms with van der Waals surface area (Å²) in [6, 6.07) is 2.43. The van der Waals surface area contributed by atoms with Gasteiger partial charge in [-0.15, -0.1) is 0 Å². The van der Waals surface area contributed by atoms with Crippen molar-refractivity contribution in [1.29, 1.82) is 0 Å². The van der Waals surface area contributed by atoms with Gasteiger partial charge in [-0.2, -0.15) is 0 Å². The molecule has 0 amide bonds. The molecule has 1 N–H and O–H groups in total. The van der Waals surface area contributed by atoms with Crippen molar-refractivity contribution in [3.63, 3.8) is 0 Å². The summed E-state index contributed by atoms with van der Waals surface area (Å²) in [4.78, 5) is 6.47. The van der Waals surface area contributed by atoms with Crippen LogP contribution in [0.15, 0.2) is 12.3 Å². The third-order valence-electron chi connectivity index (χ3n) is 3.30. The van der Waals surface area contributed by atoms with Crippen molar-refractivity contribution in [2.24, 2.45) is 0 Å². The SMILES string of the molecule is CCNc1cc(OC[C@H]2CCCN2C)cnc1Cl. The van der Waals surface area contributed by atoms with Crippen LogP contribution in [0.25, 0.3) is 0 Å². The number of ether oxygens (including phenoxy) is 1. The summed E-state index contributed by atoms with van der Waals surface area (Å²) in [6.07, 6.45) is 4.14. The molecule has 1 aromatic heterocycles. The number of halogens is 1. The molecule has 2 heterocycles. The molecule has 0 spiro atoms. The number of pyridine rings is 1. The lowest BCUT2D eigenvalue weighted by molar-refractivity contribution is 0.198. The van der Waals surface area contributed by atoms with Crippen LogP contribution in [0.4, 0.5) is 5.69 Å². The van der Waals surface area contributed by atoms with Gasteiger partial charge in [0, 0.05) is 18.7 Å². The molecule has 1 atom stereocenters. The van der Waals surface area contributed by atoms with Crippen LogP contribution in [0.2, 0.25) is 5.15 Å². The molecule has 5 heteroatoms. The Morgan fingerprint density at radius 2 is 2.44 bits per heavy atom. The molecular weight excluding hydrogens is 250 g/mol. The van der Waals surface area contributed by atoms with E-state index in [1.807, 2.05) is 13.0 Å². The lowest BCUT2D eigenvalue weighted by Gasteiger charge is -2.19. The molecule has 0 aromatic carbocycles. The van der Waals surface area contributed by atoms with E-state index in [1.54, 1.807) is 6.20 Å². The minimum atomic E-state index is 0.488. The lowest BCUT2D eigenvalue weighted by Crippen LogP contribution is -2.30. The van der Waals surface area contributed by atoms with Crippen LogP contribution in [0.3, 0.4) is 0 Å². The molecule has 0 radical (unpaired) electrons. The quantitative estimate of drug-likeness (QED) is 0.834. The van der Waals surface area contributed by atoms with E-state index in [0.717, 1.165) is 24.5 Å². The molecule has 0 unspecified atom stereocenters. The monoisotopic (exact) mass is 269 g/mol. The molecule has 1 saturated heterocycles. The Morgan fingerprint density at radius 3 is 3.11 bits per heavy atom. The van der Waals surface area contributed by atoms with Gasteiger partial charge in [-0.05, 0) is 33.4 Å². The first-order valence-corrected chi connectivity index (χ1v) is 6.81. The Hall–Kier alpha value is -1.00. The smallest absolute Gasteiger partial charge is 0.152 e. The largest absolute Gasteiger partial charge is 0.490 e. The average Bonchev–Trinajstić information content (AvgIpc) is 2.76. The summed E-state index contributed by atoms with van der Waals surface area (Å²) >= 11 is 5.99. The highest BCUT2D eigenvalue weighted by atomic mass is 35.5. The van der Waals surface area contributed by atoms with Crippen LogP contribution in [0.1, 0.15) is 19.8 Å². The van der Waals surface area contributed by atoms with E-state index in [-0.39, 0.29) is 0 Å². The predicted molar refractivity (Wildman–Crippen MR) is 74.6 cm³/mol. The van der Waals surface area contributed by atoms with Crippen LogP contribution in [0.5, 0.6) is 5.75 Å². The van der Waals surface area contributed by atoms with E-state index in [2.05, 4.69) is 22.2 Å². The van der Waals surface area contributed by atoms with E-state index in [0.29, 0.717) is 17.8 Å². The number of likely N-dealkylation sites (N-methyl/N-ethyl adjacent to an activating group) is 1. The van der Waals surface area contributed by atoms with E-state index in [1.165, 1.54) is 12.8 Å². The summed E-state index contributed by atoms with van der Waals surface area (Å²) in [5.41, 5.74) is 0.830. The normalized spacial score (nSPS) is 20.1. The topological polar surface area (TPSA) is 37.4 Å². The Balaban J connectivity index is 1.94. The van der Waals surface area contributed by atoms with Crippen LogP contribution >= 0.6 is 11.6 Å². The fraction of sp³-hybridized carbons (Fsp3) is 0.615. The van der Waals surface area contributed by atoms with E-state index >= 15 is 0 Å². The Kier molecular flexibility index (Phi) is 4.66. The zero-order valence-electron chi connectivity index (χ0n) is 10.9. The fourth-order valence-electron chi connectivity index (χ4n) is 2.20. The highest BCUT2D eigenvalue weighted by Crippen LogP contribution is 2.24. The number of likely N-dealkylation sites (tertiary alicyclic amines) is 1. The molecule has 0 aliphatic carbocycles. The molecule has 0 bridgehead atoms. The van der Waals surface area contributed by atoms with Gasteiger partial charge in [-0.3, -0.25) is 0 Å². The highest BCUT2D eigenvalue weighted by Gasteiger charge is 2.21. The molecule has 18 heavy (non-hydrogen) atoms.